The van der Waals surface area contributed by atoms with Crippen molar-refractivity contribution in [3.63, 3.8) is 0 Å². The molecule has 0 aliphatic heterocycles. The number of hydrogen-bond acceptors (Lipinski definition) is 5. The Labute approximate surface area is 147 Å². The number of nitrogens with zero attached hydrogens (tertiary/aromatic N) is 1. The predicted octanol–water partition coefficient (Wildman–Crippen LogP) is 2.97. The van der Waals surface area contributed by atoms with E-state index in [1.54, 1.807) is 19.1 Å². The summed E-state index contributed by atoms with van der Waals surface area (Å²) >= 11 is 0. The van der Waals surface area contributed by atoms with Crippen LogP contribution in [0.15, 0.2) is 47.4 Å². The first-order chi connectivity index (χ1) is 11.6. The number of benzene rings is 2. The number of carbonyl (C=O) groups is 2. The van der Waals surface area contributed by atoms with Crippen LogP contribution in [0.2, 0.25) is 0 Å². The largest absolute Gasteiger partial charge is 0.427 e. The van der Waals surface area contributed by atoms with E-state index in [0.29, 0.717) is 5.56 Å². The second-order valence-corrected chi connectivity index (χ2v) is 7.40. The standard InChI is InChI=1S/C18H19NO5S/c1-12-5-10-18(13(2)11-12)25(22,23)19(14(3)20)16-6-8-17(9-7-16)24-15(4)21/h5-11H,1-4H3. The van der Waals surface area contributed by atoms with Gasteiger partial charge in [0.05, 0.1) is 10.6 Å². The number of aryl methyl sites for hydroxylation is 2. The van der Waals surface area contributed by atoms with Gasteiger partial charge in [-0.15, -0.1) is 0 Å². The fraction of sp³-hybridized carbons (Fsp3) is 0.222. The lowest BCUT2D eigenvalue weighted by Crippen LogP contribution is -2.35. The summed E-state index contributed by atoms with van der Waals surface area (Å²) in [6.07, 6.45) is 0. The number of carbonyl (C=O) groups excluding carboxylic acids is 2. The van der Waals surface area contributed by atoms with Gasteiger partial charge in [0.2, 0.25) is 5.91 Å². The molecule has 0 N–H and O–H groups in total. The molecule has 0 aliphatic rings. The van der Waals surface area contributed by atoms with Gasteiger partial charge in [-0.2, -0.15) is 0 Å². The SMILES string of the molecule is CC(=O)Oc1ccc(N(C(C)=O)S(=O)(=O)c2ccc(C)cc2C)cc1. The van der Waals surface area contributed by atoms with Crippen molar-refractivity contribution in [1.82, 2.24) is 0 Å². The number of rotatable bonds is 4. The summed E-state index contributed by atoms with van der Waals surface area (Å²) in [4.78, 5) is 23.1. The summed E-state index contributed by atoms with van der Waals surface area (Å²) in [5.74, 6) is -0.858. The van der Waals surface area contributed by atoms with Crippen LogP contribution < -0.4 is 9.04 Å². The van der Waals surface area contributed by atoms with Gasteiger partial charge in [0, 0.05) is 13.8 Å². The van der Waals surface area contributed by atoms with Crippen molar-refractivity contribution in [3.8, 4) is 5.75 Å². The lowest BCUT2D eigenvalue weighted by molar-refractivity contribution is -0.131. The van der Waals surface area contributed by atoms with Crippen LogP contribution in [0.1, 0.15) is 25.0 Å². The smallest absolute Gasteiger partial charge is 0.308 e. The molecule has 2 aromatic carbocycles. The zero-order valence-corrected chi connectivity index (χ0v) is 15.3. The minimum Gasteiger partial charge on any atom is -0.427 e. The Bertz CT molecular complexity index is 917. The molecule has 0 heterocycles. The van der Waals surface area contributed by atoms with Crippen molar-refractivity contribution >= 4 is 27.6 Å². The third-order valence-corrected chi connectivity index (χ3v) is 5.43. The van der Waals surface area contributed by atoms with Crippen LogP contribution >= 0.6 is 0 Å². The van der Waals surface area contributed by atoms with Gasteiger partial charge in [-0.1, -0.05) is 17.7 Å². The van der Waals surface area contributed by atoms with E-state index in [-0.39, 0.29) is 16.3 Å². The molecule has 7 heteroatoms. The van der Waals surface area contributed by atoms with Crippen molar-refractivity contribution in [2.45, 2.75) is 32.6 Å². The first-order valence-electron chi connectivity index (χ1n) is 7.54. The van der Waals surface area contributed by atoms with Gasteiger partial charge in [0.15, 0.2) is 0 Å². The van der Waals surface area contributed by atoms with E-state index in [1.807, 2.05) is 6.92 Å². The first kappa shape index (κ1) is 18.7. The van der Waals surface area contributed by atoms with E-state index < -0.39 is 21.9 Å². The number of hydrogen-bond donors (Lipinski definition) is 0. The number of amides is 1. The minimum absolute atomic E-state index is 0.0670. The van der Waals surface area contributed by atoms with Gasteiger partial charge in [0.25, 0.3) is 10.0 Å². The summed E-state index contributed by atoms with van der Waals surface area (Å²) in [5.41, 5.74) is 1.66. The van der Waals surface area contributed by atoms with Crippen LogP contribution in [0.5, 0.6) is 5.75 Å². The highest BCUT2D eigenvalue weighted by Crippen LogP contribution is 2.28. The van der Waals surface area contributed by atoms with E-state index in [1.165, 1.54) is 44.2 Å². The Morgan fingerprint density at radius 3 is 2.04 bits per heavy atom. The van der Waals surface area contributed by atoms with Crippen molar-refractivity contribution < 1.29 is 22.7 Å². The third kappa shape index (κ3) is 4.06. The lowest BCUT2D eigenvalue weighted by Gasteiger charge is -2.22. The zero-order valence-electron chi connectivity index (χ0n) is 14.4. The Balaban J connectivity index is 2.50. The van der Waals surface area contributed by atoms with Gasteiger partial charge in [-0.3, -0.25) is 9.59 Å². The van der Waals surface area contributed by atoms with Gasteiger partial charge in [0.1, 0.15) is 5.75 Å². The van der Waals surface area contributed by atoms with Crippen LogP contribution in [-0.4, -0.2) is 20.3 Å². The molecule has 2 rings (SSSR count). The molecule has 0 atom stereocenters. The number of anilines is 1. The molecule has 0 bridgehead atoms. The van der Waals surface area contributed by atoms with E-state index in [9.17, 15) is 18.0 Å². The molecule has 0 spiro atoms. The number of esters is 1. The average molecular weight is 361 g/mol. The maximum atomic E-state index is 13.0. The van der Waals surface area contributed by atoms with Gasteiger partial charge >= 0.3 is 5.97 Å². The van der Waals surface area contributed by atoms with Crippen molar-refractivity contribution in [2.75, 3.05) is 4.31 Å². The van der Waals surface area contributed by atoms with Crippen molar-refractivity contribution in [1.29, 1.82) is 0 Å². The monoisotopic (exact) mass is 361 g/mol. The molecule has 25 heavy (non-hydrogen) atoms. The fourth-order valence-corrected chi connectivity index (χ4v) is 4.13. The van der Waals surface area contributed by atoms with Crippen LogP contribution in [-0.2, 0) is 19.6 Å². The molecule has 132 valence electrons. The second-order valence-electron chi connectivity index (χ2n) is 5.64. The summed E-state index contributed by atoms with van der Waals surface area (Å²) in [5, 5.41) is 0. The fourth-order valence-electron chi connectivity index (χ4n) is 2.49. The summed E-state index contributed by atoms with van der Waals surface area (Å²) in [6, 6.07) is 10.6. The molecule has 1 amide bonds. The van der Waals surface area contributed by atoms with Gasteiger partial charge in [-0.05, 0) is 49.7 Å². The van der Waals surface area contributed by atoms with Gasteiger partial charge < -0.3 is 4.74 Å². The summed E-state index contributed by atoms with van der Waals surface area (Å²) in [6.45, 7) is 5.99. The molecular formula is C18H19NO5S. The molecule has 2 aromatic rings. The summed E-state index contributed by atoms with van der Waals surface area (Å²) in [7, 11) is -4.06. The zero-order chi connectivity index (χ0) is 18.8. The summed E-state index contributed by atoms with van der Waals surface area (Å²) < 4.78 is 31.6. The quantitative estimate of drug-likeness (QED) is 0.618. The highest BCUT2D eigenvalue weighted by molar-refractivity contribution is 7.93. The highest BCUT2D eigenvalue weighted by atomic mass is 32.2. The van der Waals surface area contributed by atoms with Crippen molar-refractivity contribution in [2.24, 2.45) is 0 Å². The van der Waals surface area contributed by atoms with E-state index >= 15 is 0 Å². The molecule has 0 radical (unpaired) electrons. The highest BCUT2D eigenvalue weighted by Gasteiger charge is 2.30. The maximum Gasteiger partial charge on any atom is 0.308 e. The molecule has 0 aromatic heterocycles. The molecule has 0 saturated heterocycles. The van der Waals surface area contributed by atoms with E-state index in [2.05, 4.69) is 0 Å². The molecule has 0 unspecified atom stereocenters. The molecule has 0 aliphatic carbocycles. The van der Waals surface area contributed by atoms with Crippen molar-refractivity contribution in [3.05, 3.63) is 53.6 Å². The van der Waals surface area contributed by atoms with E-state index in [4.69, 9.17) is 4.74 Å². The Kier molecular flexibility index (Phi) is 5.27. The predicted molar refractivity (Wildman–Crippen MR) is 94.0 cm³/mol. The van der Waals surface area contributed by atoms with Crippen LogP contribution in [0.3, 0.4) is 0 Å². The topological polar surface area (TPSA) is 80.8 Å². The maximum absolute atomic E-state index is 13.0. The normalized spacial score (nSPS) is 11.0. The minimum atomic E-state index is -4.06. The number of ether oxygens (including phenoxy) is 1. The van der Waals surface area contributed by atoms with Crippen LogP contribution in [0.4, 0.5) is 5.69 Å². The second kappa shape index (κ2) is 7.06. The molecule has 0 fully saturated rings. The first-order valence-corrected chi connectivity index (χ1v) is 8.98. The number of sulfonamides is 1. The Morgan fingerprint density at radius 2 is 1.56 bits per heavy atom. The van der Waals surface area contributed by atoms with Crippen LogP contribution in [0, 0.1) is 13.8 Å². The van der Waals surface area contributed by atoms with E-state index in [0.717, 1.165) is 9.87 Å². The average Bonchev–Trinajstić information content (AvgIpc) is 2.47. The Hall–Kier alpha value is -2.67. The molecule has 6 nitrogen and oxygen atoms in total. The van der Waals surface area contributed by atoms with Gasteiger partial charge in [-0.25, -0.2) is 12.7 Å². The lowest BCUT2D eigenvalue weighted by atomic mass is 10.2. The molecular weight excluding hydrogens is 342 g/mol. The third-order valence-electron chi connectivity index (χ3n) is 3.47. The van der Waals surface area contributed by atoms with Crippen LogP contribution in [0.25, 0.3) is 0 Å². The molecule has 0 saturated carbocycles. The Morgan fingerprint density at radius 1 is 0.960 bits per heavy atom.